The highest BCUT2D eigenvalue weighted by Gasteiger charge is 2.25. The lowest BCUT2D eigenvalue weighted by Gasteiger charge is -2.26. The molecule has 8 nitrogen and oxygen atoms in total. The number of likely N-dealkylation sites (tertiary alicyclic amines) is 1. The fourth-order valence-corrected chi connectivity index (χ4v) is 3.76. The van der Waals surface area contributed by atoms with Crippen molar-refractivity contribution in [2.75, 3.05) is 33.4 Å². The van der Waals surface area contributed by atoms with Crippen molar-refractivity contribution in [3.8, 4) is 11.5 Å². The van der Waals surface area contributed by atoms with Gasteiger partial charge in [0.25, 0.3) is 11.8 Å². The maximum Gasteiger partial charge on any atom is 0.260 e. The van der Waals surface area contributed by atoms with Crippen molar-refractivity contribution < 1.29 is 32.6 Å². The first kappa shape index (κ1) is 25.9. The molecule has 1 fully saturated rings. The highest BCUT2D eigenvalue weighted by atomic mass is 19.2. The van der Waals surface area contributed by atoms with Crippen LogP contribution in [0.25, 0.3) is 0 Å². The van der Waals surface area contributed by atoms with Crippen molar-refractivity contribution in [2.45, 2.75) is 32.2 Å². The topological polar surface area (TPSA) is 97.0 Å². The van der Waals surface area contributed by atoms with Crippen LogP contribution in [0.2, 0.25) is 0 Å². The summed E-state index contributed by atoms with van der Waals surface area (Å²) in [5.74, 6) is -3.00. The van der Waals surface area contributed by atoms with Crippen LogP contribution in [0.1, 0.15) is 48.1 Å². The van der Waals surface area contributed by atoms with E-state index in [2.05, 4.69) is 10.6 Å². The van der Waals surface area contributed by atoms with Gasteiger partial charge < -0.3 is 25.0 Å². The van der Waals surface area contributed by atoms with Gasteiger partial charge in [0.1, 0.15) is 6.04 Å². The zero-order valence-corrected chi connectivity index (χ0v) is 19.7. The van der Waals surface area contributed by atoms with Gasteiger partial charge in [-0.3, -0.25) is 14.4 Å². The Morgan fingerprint density at radius 2 is 1.71 bits per heavy atom. The molecule has 0 aromatic heterocycles. The van der Waals surface area contributed by atoms with Gasteiger partial charge in [-0.1, -0.05) is 6.07 Å². The Morgan fingerprint density at radius 1 is 0.971 bits per heavy atom. The number of nitrogens with zero attached hydrogens (tertiary/aromatic N) is 1. The Kier molecular flexibility index (Phi) is 8.99. The van der Waals surface area contributed by atoms with Crippen LogP contribution in [-0.4, -0.2) is 56.0 Å². The lowest BCUT2D eigenvalue weighted by atomic mass is 10.0. The van der Waals surface area contributed by atoms with E-state index in [1.165, 1.54) is 31.3 Å². The number of carbonyl (C=O) groups is 3. The minimum absolute atomic E-state index is 0.0813. The van der Waals surface area contributed by atoms with Crippen molar-refractivity contribution in [3.05, 3.63) is 59.2 Å². The highest BCUT2D eigenvalue weighted by Crippen LogP contribution is 2.29. The first-order valence-corrected chi connectivity index (χ1v) is 11.5. The second-order valence-electron chi connectivity index (χ2n) is 8.02. The van der Waals surface area contributed by atoms with E-state index < -0.39 is 29.5 Å². The predicted molar refractivity (Wildman–Crippen MR) is 124 cm³/mol. The highest BCUT2D eigenvalue weighted by molar-refractivity contribution is 5.98. The molecule has 35 heavy (non-hydrogen) atoms. The number of hydrogen-bond donors (Lipinski definition) is 2. The van der Waals surface area contributed by atoms with Crippen LogP contribution in [-0.2, 0) is 9.59 Å². The van der Waals surface area contributed by atoms with Crippen molar-refractivity contribution >= 4 is 17.7 Å². The number of piperidine rings is 1. The standard InChI is InChI=1S/C25H29F2N3O5/c1-3-34-21-14-17(8-10-20(21)35-15-22(31)30-11-5-4-6-12-30)24(32)29-23(25(33)28-2)16-7-9-18(26)19(27)13-16/h7-10,13-14,23H,3-6,11-12,15H2,1-2H3,(H,28,33)(H,29,32). The molecule has 1 aliphatic heterocycles. The molecule has 1 saturated heterocycles. The van der Waals surface area contributed by atoms with Gasteiger partial charge in [-0.05, 0) is 62.1 Å². The number of halogens is 2. The van der Waals surface area contributed by atoms with Crippen molar-refractivity contribution in [1.82, 2.24) is 15.5 Å². The van der Waals surface area contributed by atoms with E-state index in [0.29, 0.717) is 18.8 Å². The van der Waals surface area contributed by atoms with Crippen LogP contribution in [0, 0.1) is 11.6 Å². The number of carbonyl (C=O) groups excluding carboxylic acids is 3. The smallest absolute Gasteiger partial charge is 0.260 e. The average Bonchev–Trinajstić information content (AvgIpc) is 2.88. The summed E-state index contributed by atoms with van der Waals surface area (Å²) in [4.78, 5) is 39.5. The molecule has 1 unspecified atom stereocenters. The summed E-state index contributed by atoms with van der Waals surface area (Å²) in [5, 5.41) is 4.93. The minimum atomic E-state index is -1.25. The summed E-state index contributed by atoms with van der Waals surface area (Å²) in [6.45, 7) is 3.33. The third-order valence-corrected chi connectivity index (χ3v) is 5.63. The van der Waals surface area contributed by atoms with Gasteiger partial charge in [0.15, 0.2) is 29.7 Å². The molecule has 0 radical (unpaired) electrons. The van der Waals surface area contributed by atoms with Crippen molar-refractivity contribution in [2.24, 2.45) is 0 Å². The number of nitrogens with one attached hydrogen (secondary N) is 2. The summed E-state index contributed by atoms with van der Waals surface area (Å²) < 4.78 is 38.3. The predicted octanol–water partition coefficient (Wildman–Crippen LogP) is 2.97. The first-order chi connectivity index (χ1) is 16.8. The van der Waals surface area contributed by atoms with Gasteiger partial charge in [0.2, 0.25) is 5.91 Å². The van der Waals surface area contributed by atoms with Gasteiger partial charge in [-0.25, -0.2) is 8.78 Å². The lowest BCUT2D eigenvalue weighted by molar-refractivity contribution is -0.134. The Bertz CT molecular complexity index is 1070. The monoisotopic (exact) mass is 489 g/mol. The Balaban J connectivity index is 1.75. The van der Waals surface area contributed by atoms with Crippen LogP contribution < -0.4 is 20.1 Å². The normalized spacial score (nSPS) is 14.1. The van der Waals surface area contributed by atoms with E-state index in [0.717, 1.165) is 31.4 Å². The fourth-order valence-electron chi connectivity index (χ4n) is 3.76. The second-order valence-corrected chi connectivity index (χ2v) is 8.02. The molecule has 0 bridgehead atoms. The number of ether oxygens (including phenoxy) is 2. The molecule has 3 rings (SSSR count). The molecule has 0 spiro atoms. The average molecular weight is 490 g/mol. The maximum atomic E-state index is 13.7. The van der Waals surface area contributed by atoms with E-state index in [1.807, 2.05) is 0 Å². The Hall–Kier alpha value is -3.69. The lowest BCUT2D eigenvalue weighted by Crippen LogP contribution is -2.39. The number of rotatable bonds is 9. The third-order valence-electron chi connectivity index (χ3n) is 5.63. The molecule has 188 valence electrons. The first-order valence-electron chi connectivity index (χ1n) is 11.5. The summed E-state index contributed by atoms with van der Waals surface area (Å²) in [6.07, 6.45) is 3.06. The molecule has 0 aliphatic carbocycles. The molecular weight excluding hydrogens is 460 g/mol. The number of likely N-dealkylation sites (N-methyl/N-ethyl adjacent to an activating group) is 1. The van der Waals surface area contributed by atoms with Crippen LogP contribution >= 0.6 is 0 Å². The molecular formula is C25H29F2N3O5. The molecule has 1 heterocycles. The zero-order valence-electron chi connectivity index (χ0n) is 19.7. The van der Waals surface area contributed by atoms with Crippen LogP contribution in [0.4, 0.5) is 8.78 Å². The van der Waals surface area contributed by atoms with Gasteiger partial charge >= 0.3 is 0 Å². The van der Waals surface area contributed by atoms with E-state index >= 15 is 0 Å². The van der Waals surface area contributed by atoms with Crippen LogP contribution in [0.3, 0.4) is 0 Å². The quantitative estimate of drug-likeness (QED) is 0.565. The maximum absolute atomic E-state index is 13.7. The number of hydrogen-bond acceptors (Lipinski definition) is 5. The number of amides is 3. The molecule has 2 aromatic carbocycles. The molecule has 10 heteroatoms. The summed E-state index contributed by atoms with van der Waals surface area (Å²) in [6, 6.07) is 6.12. The van der Waals surface area contributed by atoms with E-state index in [-0.39, 0.29) is 36.0 Å². The Labute approximate surface area is 202 Å². The van der Waals surface area contributed by atoms with Crippen LogP contribution in [0.15, 0.2) is 36.4 Å². The molecule has 1 aliphatic rings. The van der Waals surface area contributed by atoms with Crippen molar-refractivity contribution in [3.63, 3.8) is 0 Å². The van der Waals surface area contributed by atoms with E-state index in [9.17, 15) is 23.2 Å². The Morgan fingerprint density at radius 3 is 2.37 bits per heavy atom. The second kappa shape index (κ2) is 12.1. The van der Waals surface area contributed by atoms with Crippen LogP contribution in [0.5, 0.6) is 11.5 Å². The SMILES string of the molecule is CCOc1cc(C(=O)NC(C(=O)NC)c2ccc(F)c(F)c2)ccc1OCC(=O)N1CCCCC1. The zero-order chi connectivity index (χ0) is 25.4. The number of benzene rings is 2. The largest absolute Gasteiger partial charge is 0.490 e. The molecule has 2 N–H and O–H groups in total. The third kappa shape index (κ3) is 6.68. The van der Waals surface area contributed by atoms with Crippen molar-refractivity contribution in [1.29, 1.82) is 0 Å². The molecule has 3 amide bonds. The fraction of sp³-hybridized carbons (Fsp3) is 0.400. The van der Waals surface area contributed by atoms with Gasteiger partial charge in [-0.2, -0.15) is 0 Å². The summed E-state index contributed by atoms with van der Waals surface area (Å²) in [5.41, 5.74) is 0.234. The molecule has 1 atom stereocenters. The summed E-state index contributed by atoms with van der Waals surface area (Å²) >= 11 is 0. The summed E-state index contributed by atoms with van der Waals surface area (Å²) in [7, 11) is 1.37. The van der Waals surface area contributed by atoms with Gasteiger partial charge in [0.05, 0.1) is 6.61 Å². The molecule has 0 saturated carbocycles. The van der Waals surface area contributed by atoms with Gasteiger partial charge in [-0.15, -0.1) is 0 Å². The molecule has 2 aromatic rings. The minimum Gasteiger partial charge on any atom is -0.490 e. The van der Waals surface area contributed by atoms with E-state index in [1.54, 1.807) is 11.8 Å². The van der Waals surface area contributed by atoms with E-state index in [4.69, 9.17) is 9.47 Å². The van der Waals surface area contributed by atoms with Gasteiger partial charge in [0, 0.05) is 25.7 Å².